The van der Waals surface area contributed by atoms with E-state index in [1.54, 1.807) is 0 Å². The van der Waals surface area contributed by atoms with E-state index in [9.17, 15) is 4.39 Å². The van der Waals surface area contributed by atoms with Crippen LogP contribution in [0.5, 0.6) is 0 Å². The van der Waals surface area contributed by atoms with Crippen LogP contribution in [0.25, 0.3) is 11.0 Å². The molecule has 0 atom stereocenters. The van der Waals surface area contributed by atoms with Gasteiger partial charge in [0.2, 0.25) is 5.88 Å². The number of nitrogens with one attached hydrogen (secondary N) is 1. The Hall–Kier alpha value is -1.98. The standard InChI is InChI=1S/C13H8Cl2FN3O/c14-7-3-6(1-2-9(7)16)19-12-11-8(15)4-18-5-10(11)20-13(12)17/h1-5,19H,17H2. The zero-order valence-electron chi connectivity index (χ0n) is 9.95. The van der Waals surface area contributed by atoms with Gasteiger partial charge in [0, 0.05) is 11.9 Å². The number of fused-ring (bicyclic) bond motifs is 1. The number of halogens is 3. The first kappa shape index (κ1) is 13.0. The van der Waals surface area contributed by atoms with Gasteiger partial charge < -0.3 is 15.5 Å². The number of furan rings is 1. The number of anilines is 3. The highest BCUT2D eigenvalue weighted by Gasteiger charge is 2.15. The van der Waals surface area contributed by atoms with Crippen LogP contribution in [0.15, 0.2) is 35.0 Å². The van der Waals surface area contributed by atoms with Crippen molar-refractivity contribution in [3.63, 3.8) is 0 Å². The molecule has 2 heterocycles. The Balaban J connectivity index is 2.10. The minimum atomic E-state index is -0.496. The molecule has 2 aromatic heterocycles. The molecule has 3 aromatic rings. The van der Waals surface area contributed by atoms with E-state index in [1.807, 2.05) is 0 Å². The molecule has 3 N–H and O–H groups in total. The molecular weight excluding hydrogens is 304 g/mol. The predicted octanol–water partition coefficient (Wildman–Crippen LogP) is 4.60. The van der Waals surface area contributed by atoms with Gasteiger partial charge in [0.1, 0.15) is 11.5 Å². The fourth-order valence-electron chi connectivity index (χ4n) is 1.87. The zero-order valence-corrected chi connectivity index (χ0v) is 11.5. The summed E-state index contributed by atoms with van der Waals surface area (Å²) < 4.78 is 18.5. The zero-order chi connectivity index (χ0) is 14.3. The summed E-state index contributed by atoms with van der Waals surface area (Å²) in [7, 11) is 0. The van der Waals surface area contributed by atoms with Gasteiger partial charge in [-0.1, -0.05) is 23.2 Å². The maximum absolute atomic E-state index is 13.1. The van der Waals surface area contributed by atoms with Gasteiger partial charge in [-0.15, -0.1) is 0 Å². The van der Waals surface area contributed by atoms with Gasteiger partial charge in [-0.2, -0.15) is 0 Å². The second kappa shape index (κ2) is 4.85. The normalized spacial score (nSPS) is 10.9. The Bertz CT molecular complexity index is 804. The van der Waals surface area contributed by atoms with Crippen LogP contribution in [-0.2, 0) is 0 Å². The monoisotopic (exact) mass is 311 g/mol. The van der Waals surface area contributed by atoms with Crippen LogP contribution >= 0.6 is 23.2 Å². The maximum Gasteiger partial charge on any atom is 0.215 e. The van der Waals surface area contributed by atoms with Crippen LogP contribution in [-0.4, -0.2) is 4.98 Å². The molecule has 0 aliphatic heterocycles. The number of rotatable bonds is 2. The molecule has 0 aliphatic carbocycles. The third kappa shape index (κ3) is 2.15. The van der Waals surface area contributed by atoms with Crippen molar-refractivity contribution >= 4 is 51.4 Å². The number of hydrogen-bond donors (Lipinski definition) is 2. The number of nitrogens with two attached hydrogens (primary N) is 1. The minimum Gasteiger partial charge on any atom is -0.437 e. The third-order valence-corrected chi connectivity index (χ3v) is 3.35. The largest absolute Gasteiger partial charge is 0.437 e. The van der Waals surface area contributed by atoms with Crippen molar-refractivity contribution in [2.45, 2.75) is 0 Å². The molecule has 0 spiro atoms. The average molecular weight is 312 g/mol. The van der Waals surface area contributed by atoms with Crippen molar-refractivity contribution in [3.8, 4) is 0 Å². The van der Waals surface area contributed by atoms with Gasteiger partial charge in [-0.05, 0) is 18.2 Å². The first-order chi connectivity index (χ1) is 9.56. The molecule has 0 fully saturated rings. The second-order valence-electron chi connectivity index (χ2n) is 4.09. The maximum atomic E-state index is 13.1. The van der Waals surface area contributed by atoms with Gasteiger partial charge in [0.05, 0.1) is 21.6 Å². The molecule has 0 saturated carbocycles. The van der Waals surface area contributed by atoms with E-state index in [-0.39, 0.29) is 10.9 Å². The Kier molecular flexibility index (Phi) is 3.16. The van der Waals surface area contributed by atoms with Crippen molar-refractivity contribution < 1.29 is 8.81 Å². The van der Waals surface area contributed by atoms with Crippen LogP contribution in [0.4, 0.5) is 21.6 Å². The summed E-state index contributed by atoms with van der Waals surface area (Å²) in [6.45, 7) is 0. The topological polar surface area (TPSA) is 64.1 Å². The van der Waals surface area contributed by atoms with E-state index in [0.717, 1.165) is 0 Å². The quantitative estimate of drug-likeness (QED) is 0.726. The Morgan fingerprint density at radius 2 is 2.00 bits per heavy atom. The van der Waals surface area contributed by atoms with Crippen LogP contribution in [0, 0.1) is 5.82 Å². The van der Waals surface area contributed by atoms with Crippen LogP contribution in [0.3, 0.4) is 0 Å². The second-order valence-corrected chi connectivity index (χ2v) is 4.90. The lowest BCUT2D eigenvalue weighted by atomic mass is 10.2. The molecule has 4 nitrogen and oxygen atoms in total. The van der Waals surface area contributed by atoms with Crippen LogP contribution in [0.2, 0.25) is 10.0 Å². The molecule has 0 radical (unpaired) electrons. The first-order valence-corrected chi connectivity index (χ1v) is 6.35. The number of nitrogen functional groups attached to an aromatic ring is 1. The third-order valence-electron chi connectivity index (χ3n) is 2.77. The molecule has 0 saturated heterocycles. The average Bonchev–Trinajstić information content (AvgIpc) is 2.72. The van der Waals surface area contributed by atoms with Gasteiger partial charge in [0.15, 0.2) is 5.58 Å². The number of hydrogen-bond acceptors (Lipinski definition) is 4. The summed E-state index contributed by atoms with van der Waals surface area (Å²) in [4.78, 5) is 3.92. The van der Waals surface area contributed by atoms with E-state index in [2.05, 4.69) is 10.3 Å². The van der Waals surface area contributed by atoms with Gasteiger partial charge in [-0.3, -0.25) is 4.98 Å². The molecule has 0 unspecified atom stereocenters. The molecule has 20 heavy (non-hydrogen) atoms. The molecule has 7 heteroatoms. The molecule has 3 rings (SSSR count). The SMILES string of the molecule is Nc1oc2cncc(Cl)c2c1Nc1ccc(F)c(Cl)c1. The summed E-state index contributed by atoms with van der Waals surface area (Å²) in [5, 5.41) is 4.04. The lowest BCUT2D eigenvalue weighted by Gasteiger charge is -2.06. The van der Waals surface area contributed by atoms with E-state index in [4.69, 9.17) is 33.4 Å². The van der Waals surface area contributed by atoms with Gasteiger partial charge >= 0.3 is 0 Å². The smallest absolute Gasteiger partial charge is 0.215 e. The van der Waals surface area contributed by atoms with Crippen molar-refractivity contribution in [1.29, 1.82) is 0 Å². The van der Waals surface area contributed by atoms with E-state index in [1.165, 1.54) is 30.6 Å². The summed E-state index contributed by atoms with van der Waals surface area (Å²) in [5.74, 6) is -0.333. The summed E-state index contributed by atoms with van der Waals surface area (Å²) >= 11 is 11.8. The van der Waals surface area contributed by atoms with Gasteiger partial charge in [0.25, 0.3) is 0 Å². The number of benzene rings is 1. The highest BCUT2D eigenvalue weighted by Crippen LogP contribution is 2.39. The van der Waals surface area contributed by atoms with Crippen molar-refractivity contribution in [3.05, 3.63) is 46.5 Å². The molecule has 0 bridgehead atoms. The summed E-state index contributed by atoms with van der Waals surface area (Å²) in [6.07, 6.45) is 3.00. The molecule has 102 valence electrons. The summed E-state index contributed by atoms with van der Waals surface area (Å²) in [5.41, 5.74) is 7.34. The highest BCUT2D eigenvalue weighted by molar-refractivity contribution is 6.36. The fraction of sp³-hybridized carbons (Fsp3) is 0. The van der Waals surface area contributed by atoms with Crippen molar-refractivity contribution in [2.24, 2.45) is 0 Å². The highest BCUT2D eigenvalue weighted by atomic mass is 35.5. The lowest BCUT2D eigenvalue weighted by Crippen LogP contribution is -1.94. The van der Waals surface area contributed by atoms with Crippen molar-refractivity contribution in [2.75, 3.05) is 11.1 Å². The first-order valence-electron chi connectivity index (χ1n) is 5.60. The molecule has 1 aromatic carbocycles. The number of nitrogens with zero attached hydrogens (tertiary/aromatic N) is 1. The fourth-order valence-corrected chi connectivity index (χ4v) is 2.30. The van der Waals surface area contributed by atoms with Crippen molar-refractivity contribution in [1.82, 2.24) is 4.98 Å². The van der Waals surface area contributed by atoms with Crippen LogP contribution < -0.4 is 11.1 Å². The Morgan fingerprint density at radius 3 is 2.75 bits per heavy atom. The molecule has 0 aliphatic rings. The molecule has 0 amide bonds. The minimum absolute atomic E-state index is 0.00846. The van der Waals surface area contributed by atoms with E-state index < -0.39 is 5.82 Å². The van der Waals surface area contributed by atoms with Gasteiger partial charge in [-0.25, -0.2) is 4.39 Å². The molecular formula is C13H8Cl2FN3O. The number of aromatic nitrogens is 1. The predicted molar refractivity (Wildman–Crippen MR) is 78.1 cm³/mol. The van der Waals surface area contributed by atoms with Crippen LogP contribution in [0.1, 0.15) is 0 Å². The van der Waals surface area contributed by atoms with E-state index in [0.29, 0.717) is 27.4 Å². The van der Waals surface area contributed by atoms with E-state index >= 15 is 0 Å². The Labute approximate surface area is 123 Å². The number of pyridine rings is 1. The summed E-state index contributed by atoms with van der Waals surface area (Å²) in [6, 6.07) is 4.24. The lowest BCUT2D eigenvalue weighted by molar-refractivity contribution is 0.628. The Morgan fingerprint density at radius 1 is 1.20 bits per heavy atom.